The number of aromatic nitrogens is 2. The summed E-state index contributed by atoms with van der Waals surface area (Å²) in [6, 6.07) is 3.99. The van der Waals surface area contributed by atoms with Gasteiger partial charge in [0.15, 0.2) is 0 Å². The number of nitrogen functional groups attached to an aromatic ring is 1. The number of ether oxygens (including phenoxy) is 2. The van der Waals surface area contributed by atoms with Gasteiger partial charge < -0.3 is 30.7 Å². The van der Waals surface area contributed by atoms with Crippen LogP contribution in [0.4, 0.5) is 24.7 Å². The first-order valence-corrected chi connectivity index (χ1v) is 12.6. The minimum absolute atomic E-state index is 0.0256. The van der Waals surface area contributed by atoms with Gasteiger partial charge in [-0.1, -0.05) is 32.6 Å². The van der Waals surface area contributed by atoms with Crippen molar-refractivity contribution in [2.45, 2.75) is 64.5 Å². The predicted molar refractivity (Wildman–Crippen MR) is 141 cm³/mol. The van der Waals surface area contributed by atoms with E-state index in [1.54, 1.807) is 26.1 Å². The molecular weight excluding hydrogens is 567 g/mol. The molecule has 228 valence electrons. The van der Waals surface area contributed by atoms with E-state index in [2.05, 4.69) is 16.8 Å². The van der Waals surface area contributed by atoms with Gasteiger partial charge in [0.25, 0.3) is 5.69 Å². The van der Waals surface area contributed by atoms with E-state index in [9.17, 15) is 43.1 Å². The SMILES string of the molecule is CC(C)(C)[C@@H](OCc1cn([C@H]2C[C@@H](O)[C@@H](CO)O2)c(=O)nc1N)c1ccc(C#CCNC(=O)C(F)(F)F)cc1[N+](=O)[O-]. The van der Waals surface area contributed by atoms with Crippen LogP contribution in [0.1, 0.15) is 56.2 Å². The number of aliphatic hydroxyl groups excluding tert-OH is 2. The van der Waals surface area contributed by atoms with Crippen LogP contribution in [-0.2, 0) is 20.9 Å². The Morgan fingerprint density at radius 1 is 1.38 bits per heavy atom. The lowest BCUT2D eigenvalue weighted by Crippen LogP contribution is -2.36. The van der Waals surface area contributed by atoms with E-state index < -0.39 is 65.8 Å². The first-order valence-electron chi connectivity index (χ1n) is 12.6. The van der Waals surface area contributed by atoms with Crippen molar-refractivity contribution >= 4 is 17.4 Å². The number of hydrogen-bond acceptors (Lipinski definition) is 10. The van der Waals surface area contributed by atoms with Crippen LogP contribution >= 0.6 is 0 Å². The Morgan fingerprint density at radius 2 is 2.07 bits per heavy atom. The molecule has 0 bridgehead atoms. The molecule has 5 N–H and O–H groups in total. The summed E-state index contributed by atoms with van der Waals surface area (Å²) < 4.78 is 49.7. The van der Waals surface area contributed by atoms with Crippen molar-refractivity contribution in [1.82, 2.24) is 14.9 Å². The molecule has 16 heteroatoms. The zero-order valence-electron chi connectivity index (χ0n) is 22.8. The standard InChI is InChI=1S/C26H30F3N5O8/c1-25(2,3)21(16-7-6-14(9-17(16)34(39)40)5-4-8-31-23(37)26(27,28)29)41-13-15-11-33(24(38)32-22(15)30)20-10-18(36)19(12-35)42-20/h6-7,9,11,18-21,35-36H,8,10,12-13H2,1-3H3,(H,31,37)(H2,30,32,38)/t18-,19-,20-,21+/m1/s1. The van der Waals surface area contributed by atoms with Crippen molar-refractivity contribution in [2.24, 2.45) is 5.41 Å². The highest BCUT2D eigenvalue weighted by Gasteiger charge is 2.38. The fourth-order valence-corrected chi connectivity index (χ4v) is 4.24. The second-order valence-electron chi connectivity index (χ2n) is 10.5. The number of hydrogen-bond donors (Lipinski definition) is 4. The number of rotatable bonds is 8. The van der Waals surface area contributed by atoms with Crippen molar-refractivity contribution in [3.63, 3.8) is 0 Å². The first kappa shape index (κ1) is 32.5. The molecule has 1 aliphatic heterocycles. The quantitative estimate of drug-likeness (QED) is 0.198. The van der Waals surface area contributed by atoms with E-state index in [4.69, 9.17) is 15.2 Å². The smallest absolute Gasteiger partial charge is 0.394 e. The highest BCUT2D eigenvalue weighted by Crippen LogP contribution is 2.41. The van der Waals surface area contributed by atoms with Crippen LogP contribution in [0.25, 0.3) is 0 Å². The molecule has 4 atom stereocenters. The highest BCUT2D eigenvalue weighted by molar-refractivity contribution is 5.81. The second-order valence-corrected chi connectivity index (χ2v) is 10.5. The number of amides is 1. The van der Waals surface area contributed by atoms with Gasteiger partial charge in [0.1, 0.15) is 18.1 Å². The molecule has 1 amide bonds. The molecule has 1 aromatic heterocycles. The van der Waals surface area contributed by atoms with Gasteiger partial charge in [0.05, 0.1) is 42.5 Å². The number of alkyl halides is 3. The van der Waals surface area contributed by atoms with Gasteiger partial charge in [-0.2, -0.15) is 18.2 Å². The number of nitro benzene ring substituents is 1. The van der Waals surface area contributed by atoms with E-state index in [0.717, 1.165) is 10.6 Å². The van der Waals surface area contributed by atoms with Crippen molar-refractivity contribution in [2.75, 3.05) is 18.9 Å². The Labute approximate surface area is 237 Å². The zero-order chi connectivity index (χ0) is 31.4. The fourth-order valence-electron chi connectivity index (χ4n) is 4.24. The van der Waals surface area contributed by atoms with E-state index >= 15 is 0 Å². The molecule has 0 aliphatic carbocycles. The summed E-state index contributed by atoms with van der Waals surface area (Å²) in [5.74, 6) is 2.51. The minimum Gasteiger partial charge on any atom is -0.394 e. The number of carbonyl (C=O) groups excluding carboxylic acids is 1. The Bertz CT molecular complexity index is 1440. The van der Waals surface area contributed by atoms with Gasteiger partial charge in [-0.3, -0.25) is 19.5 Å². The molecule has 42 heavy (non-hydrogen) atoms. The molecule has 2 heterocycles. The Balaban J connectivity index is 1.86. The van der Waals surface area contributed by atoms with Crippen LogP contribution in [0.2, 0.25) is 0 Å². The van der Waals surface area contributed by atoms with Crippen molar-refractivity contribution in [3.8, 4) is 11.8 Å². The van der Waals surface area contributed by atoms with Gasteiger partial charge in [0, 0.05) is 29.8 Å². The third-order valence-electron chi connectivity index (χ3n) is 6.28. The van der Waals surface area contributed by atoms with Crippen molar-refractivity contribution < 1.29 is 42.6 Å². The number of carbonyl (C=O) groups is 1. The van der Waals surface area contributed by atoms with Gasteiger partial charge in [0.2, 0.25) is 0 Å². The Hall–Kier alpha value is -4.04. The molecule has 0 spiro atoms. The monoisotopic (exact) mass is 597 g/mol. The maximum absolute atomic E-state index is 12.5. The highest BCUT2D eigenvalue weighted by atomic mass is 19.4. The Morgan fingerprint density at radius 3 is 2.64 bits per heavy atom. The van der Waals surface area contributed by atoms with E-state index in [0.29, 0.717) is 0 Å². The molecule has 1 aromatic carbocycles. The van der Waals surface area contributed by atoms with E-state index in [-0.39, 0.29) is 41.2 Å². The van der Waals surface area contributed by atoms with Gasteiger partial charge in [-0.25, -0.2) is 4.79 Å². The molecular formula is C26H30F3N5O8. The fraction of sp³-hybridized carbons (Fsp3) is 0.500. The molecule has 0 saturated carbocycles. The van der Waals surface area contributed by atoms with Gasteiger partial charge in [-0.15, -0.1) is 0 Å². The number of nitrogens with one attached hydrogen (secondary N) is 1. The molecule has 1 fully saturated rings. The lowest BCUT2D eigenvalue weighted by molar-refractivity contribution is -0.386. The zero-order valence-corrected chi connectivity index (χ0v) is 22.8. The maximum Gasteiger partial charge on any atom is 0.471 e. The van der Waals surface area contributed by atoms with Crippen LogP contribution in [0.3, 0.4) is 0 Å². The predicted octanol–water partition coefficient (Wildman–Crippen LogP) is 1.71. The summed E-state index contributed by atoms with van der Waals surface area (Å²) in [6.07, 6.45) is -7.36. The lowest BCUT2D eigenvalue weighted by atomic mass is 9.83. The second kappa shape index (κ2) is 12.9. The van der Waals surface area contributed by atoms with Crippen LogP contribution in [-0.4, -0.2) is 62.1 Å². The molecule has 0 radical (unpaired) electrons. The molecule has 1 saturated heterocycles. The molecule has 1 aliphatic rings. The average molecular weight is 598 g/mol. The molecule has 2 aromatic rings. The summed E-state index contributed by atoms with van der Waals surface area (Å²) in [4.78, 5) is 38.5. The van der Waals surface area contributed by atoms with Gasteiger partial charge >= 0.3 is 17.8 Å². The number of nitrogens with zero attached hydrogens (tertiary/aromatic N) is 3. The van der Waals surface area contributed by atoms with E-state index in [1.807, 2.05) is 0 Å². The molecule has 0 unspecified atom stereocenters. The maximum atomic E-state index is 12.5. The summed E-state index contributed by atoms with van der Waals surface area (Å²) in [6.45, 7) is 4.05. The van der Waals surface area contributed by atoms with Crippen LogP contribution in [0.15, 0.2) is 29.2 Å². The Kier molecular flexibility index (Phi) is 9.94. The third kappa shape index (κ3) is 7.82. The number of anilines is 1. The average Bonchev–Trinajstić information content (AvgIpc) is 3.26. The van der Waals surface area contributed by atoms with Crippen LogP contribution in [0.5, 0.6) is 0 Å². The van der Waals surface area contributed by atoms with Crippen LogP contribution < -0.4 is 16.7 Å². The number of nitrogens with two attached hydrogens (primary N) is 1. The summed E-state index contributed by atoms with van der Waals surface area (Å²) in [5.41, 5.74) is 4.71. The molecule has 13 nitrogen and oxygen atoms in total. The normalized spacial score (nSPS) is 19.6. The number of nitro groups is 1. The van der Waals surface area contributed by atoms with Crippen molar-refractivity contribution in [3.05, 3.63) is 61.7 Å². The van der Waals surface area contributed by atoms with Crippen LogP contribution in [0, 0.1) is 27.4 Å². The minimum atomic E-state index is -5.06. The largest absolute Gasteiger partial charge is 0.471 e. The molecule has 3 rings (SSSR count). The topological polar surface area (TPSA) is 192 Å². The third-order valence-corrected chi connectivity index (χ3v) is 6.28. The van der Waals surface area contributed by atoms with E-state index in [1.165, 1.54) is 18.3 Å². The first-order chi connectivity index (χ1) is 19.5. The summed E-state index contributed by atoms with van der Waals surface area (Å²) in [5, 5.41) is 32.9. The number of halogens is 3. The number of aliphatic hydroxyl groups is 2. The van der Waals surface area contributed by atoms with Crippen molar-refractivity contribution in [1.29, 1.82) is 0 Å². The lowest BCUT2D eigenvalue weighted by Gasteiger charge is -2.31. The van der Waals surface area contributed by atoms with Gasteiger partial charge in [-0.05, 0) is 17.5 Å². The summed E-state index contributed by atoms with van der Waals surface area (Å²) in [7, 11) is 0. The number of benzene rings is 1. The summed E-state index contributed by atoms with van der Waals surface area (Å²) >= 11 is 0.